The highest BCUT2D eigenvalue weighted by Crippen LogP contribution is 2.28. The quantitative estimate of drug-likeness (QED) is 0.577. The Balaban J connectivity index is 1.69. The van der Waals surface area contributed by atoms with E-state index in [9.17, 15) is 18.0 Å². The molecule has 1 aromatic rings. The lowest BCUT2D eigenvalue weighted by Crippen LogP contribution is -2.41. The summed E-state index contributed by atoms with van der Waals surface area (Å²) in [5, 5.41) is 5.48. The molecular weight excluding hydrogens is 378 g/mol. The van der Waals surface area contributed by atoms with E-state index in [0.717, 1.165) is 12.8 Å². The van der Waals surface area contributed by atoms with Gasteiger partial charge in [0.25, 0.3) is 0 Å². The Labute approximate surface area is 167 Å². The molecule has 0 aliphatic heterocycles. The first kappa shape index (κ1) is 22.4. The maximum Gasteiger partial charge on any atom is 0.240 e. The average molecular weight is 410 g/mol. The monoisotopic (exact) mass is 409 g/mol. The third-order valence-electron chi connectivity index (χ3n) is 4.96. The van der Waals surface area contributed by atoms with Crippen LogP contribution < -0.4 is 15.4 Å². The molecule has 0 spiro atoms. The fourth-order valence-corrected chi connectivity index (χ4v) is 4.37. The van der Waals surface area contributed by atoms with Crippen LogP contribution in [0.25, 0.3) is 0 Å². The van der Waals surface area contributed by atoms with E-state index in [0.29, 0.717) is 31.8 Å². The van der Waals surface area contributed by atoms with E-state index in [1.54, 1.807) is 30.3 Å². The molecule has 2 amide bonds. The number of benzene rings is 1. The van der Waals surface area contributed by atoms with Crippen molar-refractivity contribution in [2.24, 2.45) is 17.8 Å². The van der Waals surface area contributed by atoms with Gasteiger partial charge in [0.1, 0.15) is 0 Å². The first-order valence-electron chi connectivity index (χ1n) is 9.87. The Morgan fingerprint density at radius 2 is 1.68 bits per heavy atom. The summed E-state index contributed by atoms with van der Waals surface area (Å²) in [6, 6.07) is 8.31. The summed E-state index contributed by atoms with van der Waals surface area (Å²) in [7, 11) is -3.49. The first-order chi connectivity index (χ1) is 13.3. The predicted octanol–water partition coefficient (Wildman–Crippen LogP) is 1.66. The van der Waals surface area contributed by atoms with Crippen molar-refractivity contribution < 1.29 is 18.0 Å². The molecule has 0 atom stereocenters. The van der Waals surface area contributed by atoms with Crippen molar-refractivity contribution in [3.8, 4) is 0 Å². The van der Waals surface area contributed by atoms with Crippen LogP contribution in [-0.4, -0.2) is 39.9 Å². The highest BCUT2D eigenvalue weighted by molar-refractivity contribution is 7.89. The van der Waals surface area contributed by atoms with Gasteiger partial charge >= 0.3 is 0 Å². The maximum absolute atomic E-state index is 12.3. The Kier molecular flexibility index (Phi) is 8.44. The second-order valence-electron chi connectivity index (χ2n) is 7.80. The summed E-state index contributed by atoms with van der Waals surface area (Å²) in [5.74, 6) is 0.208. The number of nitrogens with one attached hydrogen (secondary N) is 3. The lowest BCUT2D eigenvalue weighted by atomic mass is 9.81. The van der Waals surface area contributed by atoms with Gasteiger partial charge in [0.05, 0.1) is 11.4 Å². The van der Waals surface area contributed by atoms with E-state index in [2.05, 4.69) is 15.4 Å². The molecule has 3 N–H and O–H groups in total. The Morgan fingerprint density at radius 1 is 1.04 bits per heavy atom. The number of carbonyl (C=O) groups is 2. The van der Waals surface area contributed by atoms with Crippen LogP contribution in [0.3, 0.4) is 0 Å². The van der Waals surface area contributed by atoms with E-state index < -0.39 is 10.0 Å². The minimum Gasteiger partial charge on any atom is -0.354 e. The minimum atomic E-state index is -3.49. The van der Waals surface area contributed by atoms with Gasteiger partial charge in [-0.1, -0.05) is 32.0 Å². The zero-order valence-corrected chi connectivity index (χ0v) is 17.4. The van der Waals surface area contributed by atoms with Crippen molar-refractivity contribution in [2.75, 3.05) is 19.6 Å². The van der Waals surface area contributed by atoms with Crippen LogP contribution in [0.2, 0.25) is 0 Å². The number of hydrogen-bond donors (Lipinski definition) is 3. The van der Waals surface area contributed by atoms with Gasteiger partial charge < -0.3 is 10.6 Å². The molecule has 1 saturated carbocycles. The van der Waals surface area contributed by atoms with Gasteiger partial charge in [0, 0.05) is 19.0 Å². The largest absolute Gasteiger partial charge is 0.354 e. The molecule has 0 radical (unpaired) electrons. The molecule has 0 unspecified atom stereocenters. The molecule has 2 rings (SSSR count). The lowest BCUT2D eigenvalue weighted by molar-refractivity contribution is -0.129. The van der Waals surface area contributed by atoms with Crippen molar-refractivity contribution in [3.05, 3.63) is 30.3 Å². The zero-order chi connectivity index (χ0) is 20.6. The molecule has 8 heteroatoms. The first-order valence-corrected chi connectivity index (χ1v) is 11.4. The summed E-state index contributed by atoms with van der Waals surface area (Å²) < 4.78 is 27.2. The molecule has 1 aromatic carbocycles. The van der Waals surface area contributed by atoms with E-state index in [1.165, 1.54) is 0 Å². The van der Waals surface area contributed by atoms with Gasteiger partial charge in [-0.05, 0) is 49.7 Å². The Morgan fingerprint density at radius 3 is 2.29 bits per heavy atom. The fraction of sp³-hybridized carbons (Fsp3) is 0.600. The van der Waals surface area contributed by atoms with Gasteiger partial charge in [-0.3, -0.25) is 9.59 Å². The Bertz CT molecular complexity index is 742. The molecule has 1 fully saturated rings. The molecule has 0 bridgehead atoms. The van der Waals surface area contributed by atoms with Gasteiger partial charge in [-0.2, -0.15) is 0 Å². The molecule has 0 saturated heterocycles. The second-order valence-corrected chi connectivity index (χ2v) is 9.57. The van der Waals surface area contributed by atoms with E-state index in [1.807, 2.05) is 13.8 Å². The normalized spacial score (nSPS) is 20.0. The van der Waals surface area contributed by atoms with Crippen LogP contribution >= 0.6 is 0 Å². The summed E-state index contributed by atoms with van der Waals surface area (Å²) in [6.07, 6.45) is 2.98. The number of rotatable bonds is 9. The van der Waals surface area contributed by atoms with Crippen molar-refractivity contribution in [1.29, 1.82) is 0 Å². The number of amides is 2. The van der Waals surface area contributed by atoms with Gasteiger partial charge in [0.15, 0.2) is 0 Å². The van der Waals surface area contributed by atoms with Crippen molar-refractivity contribution in [3.63, 3.8) is 0 Å². The average Bonchev–Trinajstić information content (AvgIpc) is 2.70. The number of hydrogen-bond acceptors (Lipinski definition) is 4. The summed E-state index contributed by atoms with van der Waals surface area (Å²) in [4.78, 5) is 24.2. The number of sulfonamides is 1. The van der Waals surface area contributed by atoms with Gasteiger partial charge in [0.2, 0.25) is 21.8 Å². The third kappa shape index (κ3) is 7.24. The molecule has 156 valence electrons. The van der Waals surface area contributed by atoms with E-state index >= 15 is 0 Å². The minimum absolute atomic E-state index is 0.00234. The summed E-state index contributed by atoms with van der Waals surface area (Å²) in [6.45, 7) is 5.00. The fourth-order valence-electron chi connectivity index (χ4n) is 3.23. The van der Waals surface area contributed by atoms with Crippen molar-refractivity contribution in [2.45, 2.75) is 44.4 Å². The smallest absolute Gasteiger partial charge is 0.240 e. The van der Waals surface area contributed by atoms with E-state index in [4.69, 9.17) is 0 Å². The van der Waals surface area contributed by atoms with E-state index in [-0.39, 0.29) is 35.1 Å². The van der Waals surface area contributed by atoms with Crippen LogP contribution in [0.4, 0.5) is 0 Å². The molecular formula is C20H31N3O4S. The van der Waals surface area contributed by atoms with Gasteiger partial charge in [-0.25, -0.2) is 13.1 Å². The van der Waals surface area contributed by atoms with Gasteiger partial charge in [-0.15, -0.1) is 0 Å². The highest BCUT2D eigenvalue weighted by atomic mass is 32.2. The second kappa shape index (κ2) is 10.6. The summed E-state index contributed by atoms with van der Waals surface area (Å²) in [5.41, 5.74) is 0. The van der Waals surface area contributed by atoms with Crippen LogP contribution in [0, 0.1) is 17.8 Å². The van der Waals surface area contributed by atoms with Crippen LogP contribution in [0.15, 0.2) is 35.2 Å². The molecule has 1 aliphatic carbocycles. The number of carbonyl (C=O) groups excluding carboxylic acids is 2. The zero-order valence-electron chi connectivity index (χ0n) is 16.6. The maximum atomic E-state index is 12.3. The molecule has 0 aromatic heterocycles. The van der Waals surface area contributed by atoms with Crippen LogP contribution in [0.1, 0.15) is 39.5 Å². The van der Waals surface area contributed by atoms with Crippen LogP contribution in [0.5, 0.6) is 0 Å². The molecule has 7 nitrogen and oxygen atoms in total. The molecule has 1 aliphatic rings. The highest BCUT2D eigenvalue weighted by Gasteiger charge is 2.27. The third-order valence-corrected chi connectivity index (χ3v) is 6.40. The van der Waals surface area contributed by atoms with Crippen LogP contribution in [-0.2, 0) is 19.6 Å². The standard InChI is InChI=1S/C20H31N3O4S/c1-15(2)12-21-19(24)14-22-20(25)17-10-8-16(9-11-17)13-23-28(26,27)18-6-4-3-5-7-18/h3-7,15-17,23H,8-14H2,1-2H3,(H,21,24)(H,22,25). The molecule has 28 heavy (non-hydrogen) atoms. The molecule has 0 heterocycles. The van der Waals surface area contributed by atoms with Crippen molar-refractivity contribution >= 4 is 21.8 Å². The van der Waals surface area contributed by atoms with Crippen molar-refractivity contribution in [1.82, 2.24) is 15.4 Å². The Hall–Kier alpha value is -1.93. The lowest BCUT2D eigenvalue weighted by Gasteiger charge is -2.27. The predicted molar refractivity (Wildman–Crippen MR) is 108 cm³/mol. The summed E-state index contributed by atoms with van der Waals surface area (Å²) >= 11 is 0. The SMILES string of the molecule is CC(C)CNC(=O)CNC(=O)C1CCC(CNS(=O)(=O)c2ccccc2)CC1. The topological polar surface area (TPSA) is 104 Å².